The van der Waals surface area contributed by atoms with Gasteiger partial charge in [0.25, 0.3) is 0 Å². The highest BCUT2D eigenvalue weighted by Crippen LogP contribution is 2.05. The molecule has 0 heterocycles. The lowest BCUT2D eigenvalue weighted by Crippen LogP contribution is -2.22. The average Bonchev–Trinajstić information content (AvgIpc) is 1.85. The molecule has 0 aliphatic rings. The molecule has 0 spiro atoms. The molecule has 10 heavy (non-hydrogen) atoms. The fraction of sp³-hybridized carbons (Fsp3) is 1.00. The van der Waals surface area contributed by atoms with Crippen LogP contribution in [0.5, 0.6) is 0 Å². The molecule has 0 fully saturated rings. The molecule has 1 unspecified atom stereocenters. The summed E-state index contributed by atoms with van der Waals surface area (Å²) in [6.07, 6.45) is -0.731. The van der Waals surface area contributed by atoms with E-state index in [0.29, 0.717) is 0 Å². The van der Waals surface area contributed by atoms with E-state index in [0.717, 1.165) is 0 Å². The molecule has 0 aromatic heterocycles. The summed E-state index contributed by atoms with van der Waals surface area (Å²) in [5, 5.41) is 16.3. The van der Waals surface area contributed by atoms with Gasteiger partial charge in [-0.05, 0) is 0 Å². The first-order valence-corrected chi connectivity index (χ1v) is 3.77. The maximum atomic E-state index is 8.29. The van der Waals surface area contributed by atoms with E-state index in [1.165, 1.54) is 0 Å². The fourth-order valence-electron chi connectivity index (χ4n) is 0.0745. The standard InChI is InChI=1S/C3H9NO2.H4NO2P/c4-1-3(6)2-5;1-4(2)3/h3,5-6H,1-2,4H2;2-3H,1H2. The van der Waals surface area contributed by atoms with Crippen molar-refractivity contribution in [1.82, 2.24) is 0 Å². The quantitative estimate of drug-likeness (QED) is 0.254. The number of aliphatic hydroxyl groups excluding tert-OH is 2. The van der Waals surface area contributed by atoms with Crippen LogP contribution in [0.15, 0.2) is 0 Å². The van der Waals surface area contributed by atoms with E-state index in [9.17, 15) is 0 Å². The zero-order valence-electron chi connectivity index (χ0n) is 5.38. The van der Waals surface area contributed by atoms with Crippen molar-refractivity contribution < 1.29 is 20.0 Å². The van der Waals surface area contributed by atoms with E-state index in [1.54, 1.807) is 0 Å². The lowest BCUT2D eigenvalue weighted by molar-refractivity contribution is 0.102. The van der Waals surface area contributed by atoms with E-state index < -0.39 is 14.6 Å². The van der Waals surface area contributed by atoms with E-state index in [-0.39, 0.29) is 13.2 Å². The summed E-state index contributed by atoms with van der Waals surface area (Å²) in [5.41, 5.74) is 9.16. The third-order valence-corrected chi connectivity index (χ3v) is 0.483. The largest absolute Gasteiger partial charge is 0.394 e. The average molecular weight is 172 g/mol. The van der Waals surface area contributed by atoms with Crippen molar-refractivity contribution in [3.8, 4) is 0 Å². The van der Waals surface area contributed by atoms with Crippen LogP contribution >= 0.6 is 8.53 Å². The Morgan fingerprint density at radius 2 is 1.70 bits per heavy atom. The van der Waals surface area contributed by atoms with Gasteiger partial charge in [-0.2, -0.15) is 0 Å². The van der Waals surface area contributed by atoms with Gasteiger partial charge in [0.15, 0.2) is 0 Å². The third kappa shape index (κ3) is 24.1. The summed E-state index contributed by atoms with van der Waals surface area (Å²) in [6.45, 7) is -0.104. The van der Waals surface area contributed by atoms with E-state index in [1.807, 2.05) is 0 Å². The second kappa shape index (κ2) is 9.19. The Kier molecular flexibility index (Phi) is 11.8. The Balaban J connectivity index is 0. The van der Waals surface area contributed by atoms with Gasteiger partial charge in [-0.15, -0.1) is 0 Å². The van der Waals surface area contributed by atoms with Gasteiger partial charge in [0.05, 0.1) is 12.7 Å². The topological polar surface area (TPSA) is 133 Å². The highest BCUT2D eigenvalue weighted by Gasteiger charge is 1.92. The minimum Gasteiger partial charge on any atom is -0.394 e. The van der Waals surface area contributed by atoms with Crippen LogP contribution in [0.2, 0.25) is 0 Å². The SMILES string of the molecule is NCC(O)CO.NP(O)O. The molecule has 8 N–H and O–H groups in total. The van der Waals surface area contributed by atoms with Gasteiger partial charge in [-0.25, -0.2) is 0 Å². The minimum atomic E-state index is -2.12. The molecular formula is C3H13N2O4P. The highest BCUT2D eigenvalue weighted by atomic mass is 31.2. The second-order valence-electron chi connectivity index (χ2n) is 1.39. The zero-order valence-corrected chi connectivity index (χ0v) is 6.28. The molecule has 64 valence electrons. The molecule has 0 radical (unpaired) electrons. The summed E-state index contributed by atoms with van der Waals surface area (Å²) >= 11 is 0. The van der Waals surface area contributed by atoms with Crippen LogP contribution in [0.4, 0.5) is 0 Å². The maximum absolute atomic E-state index is 8.29. The number of hydrogen-bond acceptors (Lipinski definition) is 6. The van der Waals surface area contributed by atoms with Crippen LogP contribution in [-0.4, -0.2) is 39.3 Å². The lowest BCUT2D eigenvalue weighted by atomic mass is 10.4. The summed E-state index contributed by atoms with van der Waals surface area (Å²) in [5.74, 6) is 0. The number of nitrogens with two attached hydrogens (primary N) is 2. The lowest BCUT2D eigenvalue weighted by Gasteiger charge is -1.97. The summed E-state index contributed by atoms with van der Waals surface area (Å²) in [7, 11) is -2.12. The van der Waals surface area contributed by atoms with Crippen molar-refractivity contribution in [2.24, 2.45) is 11.2 Å². The van der Waals surface area contributed by atoms with Crippen molar-refractivity contribution in [1.29, 1.82) is 0 Å². The number of aliphatic hydroxyl groups is 2. The first-order valence-electron chi connectivity index (χ1n) is 2.46. The van der Waals surface area contributed by atoms with Gasteiger partial charge in [0.1, 0.15) is 0 Å². The van der Waals surface area contributed by atoms with Crippen molar-refractivity contribution in [3.05, 3.63) is 0 Å². The Hall–Kier alpha value is 0.190. The molecule has 0 bridgehead atoms. The van der Waals surface area contributed by atoms with Crippen molar-refractivity contribution in [3.63, 3.8) is 0 Å². The van der Waals surface area contributed by atoms with Crippen LogP contribution in [0.1, 0.15) is 0 Å². The van der Waals surface area contributed by atoms with E-state index >= 15 is 0 Å². The highest BCUT2D eigenvalue weighted by molar-refractivity contribution is 7.42. The van der Waals surface area contributed by atoms with Crippen molar-refractivity contribution in [2.45, 2.75) is 6.10 Å². The van der Waals surface area contributed by atoms with Gasteiger partial charge < -0.3 is 25.7 Å². The molecule has 1 atom stereocenters. The first kappa shape index (κ1) is 12.8. The Bertz CT molecular complexity index is 57.7. The van der Waals surface area contributed by atoms with Crippen molar-refractivity contribution in [2.75, 3.05) is 13.2 Å². The molecule has 0 rings (SSSR count). The summed E-state index contributed by atoms with van der Waals surface area (Å²) < 4.78 is 0. The zero-order chi connectivity index (χ0) is 8.57. The molecule has 7 heteroatoms. The molecule has 0 aromatic carbocycles. The molecule has 0 saturated carbocycles. The van der Waals surface area contributed by atoms with E-state index in [2.05, 4.69) is 5.50 Å². The predicted molar refractivity (Wildman–Crippen MR) is 37.7 cm³/mol. The van der Waals surface area contributed by atoms with Crippen molar-refractivity contribution >= 4 is 8.53 Å². The van der Waals surface area contributed by atoms with Crippen LogP contribution in [0.25, 0.3) is 0 Å². The molecule has 0 aromatic rings. The molecule has 0 saturated heterocycles. The number of rotatable bonds is 2. The molecule has 0 aliphatic carbocycles. The van der Waals surface area contributed by atoms with Gasteiger partial charge in [-0.1, -0.05) is 0 Å². The second-order valence-corrected chi connectivity index (χ2v) is 2.03. The van der Waals surface area contributed by atoms with E-state index in [4.69, 9.17) is 25.7 Å². The molecule has 0 aliphatic heterocycles. The van der Waals surface area contributed by atoms with Crippen LogP contribution in [-0.2, 0) is 0 Å². The van der Waals surface area contributed by atoms with Gasteiger partial charge in [-0.3, -0.25) is 5.50 Å². The predicted octanol–water partition coefficient (Wildman–Crippen LogP) is -2.55. The molecule has 6 nitrogen and oxygen atoms in total. The summed E-state index contributed by atoms with van der Waals surface area (Å²) in [4.78, 5) is 14.9. The smallest absolute Gasteiger partial charge is 0.247 e. The number of hydrogen-bond donors (Lipinski definition) is 6. The minimum absolute atomic E-state index is 0.135. The van der Waals surface area contributed by atoms with Crippen LogP contribution in [0.3, 0.4) is 0 Å². The Labute approximate surface area is 60.1 Å². The first-order chi connectivity index (χ1) is 4.54. The van der Waals surface area contributed by atoms with Crippen LogP contribution in [0, 0.1) is 0 Å². The monoisotopic (exact) mass is 172 g/mol. The Morgan fingerprint density at radius 1 is 1.40 bits per heavy atom. The fourth-order valence-corrected chi connectivity index (χ4v) is 0.0745. The summed E-state index contributed by atoms with van der Waals surface area (Å²) in [6, 6.07) is 0. The molecular weight excluding hydrogens is 159 g/mol. The third-order valence-electron chi connectivity index (χ3n) is 0.483. The van der Waals surface area contributed by atoms with Gasteiger partial charge in [0, 0.05) is 6.54 Å². The van der Waals surface area contributed by atoms with Gasteiger partial charge in [0.2, 0.25) is 8.53 Å². The molecule has 0 amide bonds. The maximum Gasteiger partial charge on any atom is 0.247 e. The Morgan fingerprint density at radius 3 is 1.70 bits per heavy atom. The normalized spacial score (nSPS) is 12.3. The van der Waals surface area contributed by atoms with Crippen LogP contribution < -0.4 is 11.2 Å². The van der Waals surface area contributed by atoms with Gasteiger partial charge >= 0.3 is 0 Å².